The van der Waals surface area contributed by atoms with Crippen molar-refractivity contribution in [3.05, 3.63) is 45.4 Å². The fourth-order valence-electron chi connectivity index (χ4n) is 1.78. The smallest absolute Gasteiger partial charge is 0.143 e. The summed E-state index contributed by atoms with van der Waals surface area (Å²) < 4.78 is 13.3. The second-order valence-corrected chi connectivity index (χ2v) is 5.36. The minimum Gasteiger partial charge on any atom is -0.397 e. The van der Waals surface area contributed by atoms with Gasteiger partial charge < -0.3 is 10.6 Å². The van der Waals surface area contributed by atoms with Gasteiger partial charge in [-0.25, -0.2) is 4.39 Å². The summed E-state index contributed by atoms with van der Waals surface area (Å²) in [5, 5.41) is 2.13. The van der Waals surface area contributed by atoms with Gasteiger partial charge in [-0.3, -0.25) is 0 Å². The van der Waals surface area contributed by atoms with E-state index in [9.17, 15) is 4.39 Å². The minimum absolute atomic E-state index is 0.101. The number of rotatable bonds is 4. The zero-order chi connectivity index (χ0) is 13.1. The molecule has 0 bridgehead atoms. The molecule has 0 saturated carbocycles. The SMILES string of the molecule is CCN(Cc1cccs1)c1cc(Cl)c(F)cc1N. The second kappa shape index (κ2) is 5.59. The summed E-state index contributed by atoms with van der Waals surface area (Å²) in [5.41, 5.74) is 7.05. The lowest BCUT2D eigenvalue weighted by Crippen LogP contribution is -2.22. The van der Waals surface area contributed by atoms with Crippen molar-refractivity contribution in [2.45, 2.75) is 13.5 Å². The molecule has 0 fully saturated rings. The fraction of sp³-hybridized carbons (Fsp3) is 0.231. The van der Waals surface area contributed by atoms with Gasteiger partial charge in [0.25, 0.3) is 0 Å². The van der Waals surface area contributed by atoms with E-state index in [-0.39, 0.29) is 5.02 Å². The number of halogens is 2. The van der Waals surface area contributed by atoms with Crippen LogP contribution < -0.4 is 10.6 Å². The summed E-state index contributed by atoms with van der Waals surface area (Å²) in [4.78, 5) is 3.31. The van der Waals surface area contributed by atoms with Crippen LogP contribution in [0.3, 0.4) is 0 Å². The molecule has 0 radical (unpaired) electrons. The molecule has 1 heterocycles. The number of nitrogens with two attached hydrogens (primary N) is 1. The van der Waals surface area contributed by atoms with Crippen LogP contribution in [-0.2, 0) is 6.54 Å². The molecule has 96 valence electrons. The Hall–Kier alpha value is -1.26. The molecule has 18 heavy (non-hydrogen) atoms. The summed E-state index contributed by atoms with van der Waals surface area (Å²) in [7, 11) is 0. The van der Waals surface area contributed by atoms with Gasteiger partial charge in [0, 0.05) is 17.5 Å². The van der Waals surface area contributed by atoms with Gasteiger partial charge in [0.1, 0.15) is 5.82 Å². The van der Waals surface area contributed by atoms with Crippen molar-refractivity contribution in [2.75, 3.05) is 17.2 Å². The van der Waals surface area contributed by atoms with Crippen LogP contribution in [0.2, 0.25) is 5.02 Å². The van der Waals surface area contributed by atoms with Crippen LogP contribution in [0.4, 0.5) is 15.8 Å². The van der Waals surface area contributed by atoms with Gasteiger partial charge in [-0.1, -0.05) is 17.7 Å². The molecule has 5 heteroatoms. The van der Waals surface area contributed by atoms with E-state index in [2.05, 4.69) is 11.0 Å². The number of thiophene rings is 1. The predicted molar refractivity (Wildman–Crippen MR) is 76.9 cm³/mol. The third-order valence-electron chi connectivity index (χ3n) is 2.72. The lowest BCUT2D eigenvalue weighted by atomic mass is 10.2. The molecule has 2 aromatic rings. The van der Waals surface area contributed by atoms with Gasteiger partial charge in [0.15, 0.2) is 0 Å². The average molecular weight is 285 g/mol. The first-order chi connectivity index (χ1) is 8.61. The molecule has 0 atom stereocenters. The van der Waals surface area contributed by atoms with E-state index in [1.165, 1.54) is 10.9 Å². The van der Waals surface area contributed by atoms with Gasteiger partial charge in [-0.15, -0.1) is 11.3 Å². The van der Waals surface area contributed by atoms with Gasteiger partial charge in [0.2, 0.25) is 0 Å². The maximum absolute atomic E-state index is 13.3. The van der Waals surface area contributed by atoms with E-state index in [4.69, 9.17) is 17.3 Å². The van der Waals surface area contributed by atoms with E-state index in [1.54, 1.807) is 17.4 Å². The Labute approximate surface area is 115 Å². The van der Waals surface area contributed by atoms with Crippen LogP contribution in [0, 0.1) is 5.82 Å². The molecule has 0 aliphatic heterocycles. The number of nitrogen functional groups attached to an aromatic ring is 1. The normalized spacial score (nSPS) is 10.6. The molecule has 0 aliphatic rings. The molecule has 2 nitrogen and oxygen atoms in total. The largest absolute Gasteiger partial charge is 0.397 e. The van der Waals surface area contributed by atoms with Gasteiger partial charge in [0.05, 0.1) is 22.9 Å². The first kappa shape index (κ1) is 13.2. The number of hydrogen-bond donors (Lipinski definition) is 1. The van der Waals surface area contributed by atoms with Crippen LogP contribution >= 0.6 is 22.9 Å². The molecular formula is C13H14ClFN2S. The molecule has 0 aliphatic carbocycles. The summed E-state index contributed by atoms with van der Waals surface area (Å²) in [5.74, 6) is -0.481. The Morgan fingerprint density at radius 3 is 2.83 bits per heavy atom. The molecule has 1 aromatic carbocycles. The molecule has 0 amide bonds. The molecular weight excluding hydrogens is 271 g/mol. The summed E-state index contributed by atoms with van der Waals surface area (Å²) >= 11 is 7.50. The Bertz CT molecular complexity index is 528. The highest BCUT2D eigenvalue weighted by Crippen LogP contribution is 2.30. The van der Waals surface area contributed by atoms with Crippen molar-refractivity contribution >= 4 is 34.3 Å². The van der Waals surface area contributed by atoms with Crippen molar-refractivity contribution in [3.63, 3.8) is 0 Å². The van der Waals surface area contributed by atoms with Crippen molar-refractivity contribution in [1.82, 2.24) is 0 Å². The van der Waals surface area contributed by atoms with E-state index in [0.29, 0.717) is 5.69 Å². The predicted octanol–water partition coefficient (Wildman–Crippen LogP) is 4.15. The van der Waals surface area contributed by atoms with Crippen LogP contribution in [0.1, 0.15) is 11.8 Å². The summed E-state index contributed by atoms with van der Waals surface area (Å²) in [6.07, 6.45) is 0. The van der Waals surface area contributed by atoms with Crippen LogP contribution in [0.15, 0.2) is 29.6 Å². The third kappa shape index (κ3) is 2.76. The van der Waals surface area contributed by atoms with Crippen LogP contribution in [0.25, 0.3) is 0 Å². The van der Waals surface area contributed by atoms with Gasteiger partial charge >= 0.3 is 0 Å². The van der Waals surface area contributed by atoms with Crippen molar-refractivity contribution in [1.29, 1.82) is 0 Å². The molecule has 2 N–H and O–H groups in total. The third-order valence-corrected chi connectivity index (χ3v) is 3.87. The highest BCUT2D eigenvalue weighted by molar-refractivity contribution is 7.09. The number of nitrogens with zero attached hydrogens (tertiary/aromatic N) is 1. The van der Waals surface area contributed by atoms with Crippen LogP contribution in [0.5, 0.6) is 0 Å². The summed E-state index contributed by atoms with van der Waals surface area (Å²) in [6, 6.07) is 6.93. The van der Waals surface area contributed by atoms with E-state index in [0.717, 1.165) is 18.8 Å². The molecule has 0 unspecified atom stereocenters. The maximum atomic E-state index is 13.3. The van der Waals surface area contributed by atoms with Crippen LogP contribution in [-0.4, -0.2) is 6.54 Å². The zero-order valence-electron chi connectivity index (χ0n) is 9.99. The van der Waals surface area contributed by atoms with E-state index < -0.39 is 5.82 Å². The first-order valence-corrected chi connectivity index (χ1v) is 6.89. The van der Waals surface area contributed by atoms with E-state index >= 15 is 0 Å². The second-order valence-electron chi connectivity index (χ2n) is 3.92. The quantitative estimate of drug-likeness (QED) is 0.855. The molecule has 0 spiro atoms. The van der Waals surface area contributed by atoms with Gasteiger partial charge in [-0.05, 0) is 24.4 Å². The van der Waals surface area contributed by atoms with Crippen molar-refractivity contribution in [2.24, 2.45) is 0 Å². The zero-order valence-corrected chi connectivity index (χ0v) is 11.6. The number of benzene rings is 1. The maximum Gasteiger partial charge on any atom is 0.143 e. The highest BCUT2D eigenvalue weighted by Gasteiger charge is 2.12. The van der Waals surface area contributed by atoms with E-state index in [1.807, 2.05) is 18.4 Å². The molecule has 2 rings (SSSR count). The summed E-state index contributed by atoms with van der Waals surface area (Å²) in [6.45, 7) is 3.56. The Balaban J connectivity index is 2.30. The standard InChI is InChI=1S/C13H14ClFN2S/c1-2-17(8-9-4-3-5-18-9)13-6-10(14)11(15)7-12(13)16/h3-7H,2,8,16H2,1H3. The molecule has 0 saturated heterocycles. The number of hydrogen-bond acceptors (Lipinski definition) is 3. The lowest BCUT2D eigenvalue weighted by Gasteiger charge is -2.24. The Morgan fingerprint density at radius 1 is 1.44 bits per heavy atom. The minimum atomic E-state index is -0.481. The van der Waals surface area contributed by atoms with Crippen molar-refractivity contribution in [3.8, 4) is 0 Å². The first-order valence-electron chi connectivity index (χ1n) is 5.63. The highest BCUT2D eigenvalue weighted by atomic mass is 35.5. The fourth-order valence-corrected chi connectivity index (χ4v) is 2.66. The Morgan fingerprint density at radius 2 is 2.22 bits per heavy atom. The van der Waals surface area contributed by atoms with Gasteiger partial charge in [-0.2, -0.15) is 0 Å². The monoisotopic (exact) mass is 284 g/mol. The average Bonchev–Trinajstić information content (AvgIpc) is 2.84. The lowest BCUT2D eigenvalue weighted by molar-refractivity contribution is 0.628. The Kier molecular flexibility index (Phi) is 4.09. The number of anilines is 2. The van der Waals surface area contributed by atoms with Crippen molar-refractivity contribution < 1.29 is 4.39 Å². The molecule has 1 aromatic heterocycles. The topological polar surface area (TPSA) is 29.3 Å².